The fraction of sp³-hybridized carbons (Fsp3) is 0. The van der Waals surface area contributed by atoms with Crippen LogP contribution in [0, 0.1) is 12.3 Å². The summed E-state index contributed by atoms with van der Waals surface area (Å²) in [5.41, 5.74) is 0.957. The average molecular weight is 308 g/mol. The van der Waals surface area contributed by atoms with Crippen LogP contribution in [0.5, 0.6) is 0 Å². The molecule has 1 aromatic heterocycles. The largest absolute Gasteiger partial charge is 0.144 e. The molecular formula is C22H12S. The van der Waals surface area contributed by atoms with E-state index >= 15 is 0 Å². The maximum atomic E-state index is 5.65. The third-order valence-electron chi connectivity index (χ3n) is 4.52. The summed E-state index contributed by atoms with van der Waals surface area (Å²) in [6.45, 7) is 0. The van der Waals surface area contributed by atoms with Gasteiger partial charge in [0, 0.05) is 10.3 Å². The molecule has 0 bridgehead atoms. The van der Waals surface area contributed by atoms with Gasteiger partial charge in [-0.1, -0.05) is 18.1 Å². The number of thiophene rings is 1. The van der Waals surface area contributed by atoms with Crippen molar-refractivity contribution >= 4 is 53.7 Å². The van der Waals surface area contributed by atoms with Crippen molar-refractivity contribution < 1.29 is 0 Å². The summed E-state index contributed by atoms with van der Waals surface area (Å²) in [7, 11) is 0. The minimum Gasteiger partial charge on any atom is -0.144 e. The lowest BCUT2D eigenvalue weighted by Gasteiger charge is -2.07. The smallest absolute Gasteiger partial charge is 0.0349 e. The van der Waals surface area contributed by atoms with Crippen LogP contribution in [0.2, 0.25) is 0 Å². The lowest BCUT2D eigenvalue weighted by molar-refractivity contribution is 1.74. The number of hydrogen-bond donors (Lipinski definition) is 0. The molecule has 0 saturated carbocycles. The maximum Gasteiger partial charge on any atom is 0.0349 e. The van der Waals surface area contributed by atoms with Crippen molar-refractivity contribution in [2.24, 2.45) is 0 Å². The van der Waals surface area contributed by atoms with Gasteiger partial charge in [-0.25, -0.2) is 0 Å². The minimum absolute atomic E-state index is 0.957. The molecule has 1 heteroatoms. The topological polar surface area (TPSA) is 0 Å². The van der Waals surface area contributed by atoms with Gasteiger partial charge in [0.15, 0.2) is 0 Å². The van der Waals surface area contributed by atoms with Crippen LogP contribution in [-0.2, 0) is 0 Å². The molecule has 0 unspecified atom stereocenters. The van der Waals surface area contributed by atoms with Crippen LogP contribution in [0.4, 0.5) is 0 Å². The van der Waals surface area contributed by atoms with Gasteiger partial charge < -0.3 is 0 Å². The quantitative estimate of drug-likeness (QED) is 0.231. The molecule has 0 aliphatic heterocycles. The zero-order valence-corrected chi connectivity index (χ0v) is 13.2. The molecule has 5 rings (SSSR count). The van der Waals surface area contributed by atoms with E-state index in [0.717, 1.165) is 10.9 Å². The van der Waals surface area contributed by atoms with Crippen LogP contribution < -0.4 is 0 Å². The maximum absolute atomic E-state index is 5.65. The van der Waals surface area contributed by atoms with Gasteiger partial charge in [-0.05, 0) is 91.6 Å². The Morgan fingerprint density at radius 3 is 2.22 bits per heavy atom. The summed E-state index contributed by atoms with van der Waals surface area (Å²) < 4.78 is 1.34. The van der Waals surface area contributed by atoms with Crippen LogP contribution in [0.3, 0.4) is 0 Å². The van der Waals surface area contributed by atoms with Crippen LogP contribution in [-0.4, -0.2) is 0 Å². The highest BCUT2D eigenvalue weighted by molar-refractivity contribution is 7.17. The molecule has 106 valence electrons. The third kappa shape index (κ3) is 1.86. The van der Waals surface area contributed by atoms with Crippen molar-refractivity contribution in [2.45, 2.75) is 0 Å². The van der Waals surface area contributed by atoms with Gasteiger partial charge in [-0.2, -0.15) is 0 Å². The number of fused-ring (bicyclic) bond motifs is 4. The van der Waals surface area contributed by atoms with Gasteiger partial charge in [0.1, 0.15) is 0 Å². The van der Waals surface area contributed by atoms with Crippen molar-refractivity contribution in [1.29, 1.82) is 0 Å². The van der Waals surface area contributed by atoms with E-state index in [9.17, 15) is 0 Å². The molecule has 1 heterocycles. The Hall–Kier alpha value is -2.82. The van der Waals surface area contributed by atoms with Gasteiger partial charge in [0.25, 0.3) is 0 Å². The molecule has 0 radical (unpaired) electrons. The van der Waals surface area contributed by atoms with E-state index in [1.807, 2.05) is 12.1 Å². The van der Waals surface area contributed by atoms with E-state index in [0.29, 0.717) is 0 Å². The van der Waals surface area contributed by atoms with E-state index in [4.69, 9.17) is 6.42 Å². The second kappa shape index (κ2) is 4.59. The number of terminal acetylenes is 1. The zero-order chi connectivity index (χ0) is 15.4. The molecule has 0 aliphatic carbocycles. The normalized spacial score (nSPS) is 11.4. The van der Waals surface area contributed by atoms with Gasteiger partial charge in [0.2, 0.25) is 0 Å². The molecule has 4 aromatic carbocycles. The standard InChI is InChI=1S/C22H12S/c1-2-14-4-3-5-15-8-17-10-18-9-16-6-7-23-22(16)13-20(18)11-19(17)12-21(14)15/h1,3-13H. The van der Waals surface area contributed by atoms with Crippen molar-refractivity contribution in [3.05, 3.63) is 71.6 Å². The Morgan fingerprint density at radius 1 is 0.696 bits per heavy atom. The summed E-state index contributed by atoms with van der Waals surface area (Å²) in [6, 6.07) is 21.9. The molecule has 0 spiro atoms. The Morgan fingerprint density at radius 2 is 1.39 bits per heavy atom. The Balaban J connectivity index is 1.94. The lowest BCUT2D eigenvalue weighted by atomic mass is 9.97. The van der Waals surface area contributed by atoms with Gasteiger partial charge in [0.05, 0.1) is 0 Å². The predicted octanol–water partition coefficient (Wildman–Crippen LogP) is 6.34. The highest BCUT2D eigenvalue weighted by atomic mass is 32.1. The fourth-order valence-corrected chi connectivity index (χ4v) is 4.18. The molecule has 23 heavy (non-hydrogen) atoms. The first-order valence-corrected chi connectivity index (χ1v) is 8.44. The first-order valence-electron chi connectivity index (χ1n) is 7.56. The van der Waals surface area contributed by atoms with Crippen LogP contribution >= 0.6 is 11.3 Å². The van der Waals surface area contributed by atoms with E-state index in [1.54, 1.807) is 11.3 Å². The molecule has 0 aliphatic rings. The second-order valence-electron chi connectivity index (χ2n) is 5.88. The zero-order valence-electron chi connectivity index (χ0n) is 12.3. The summed E-state index contributed by atoms with van der Waals surface area (Å²) >= 11 is 1.79. The Labute approximate surface area is 138 Å². The lowest BCUT2D eigenvalue weighted by Crippen LogP contribution is -1.82. The molecule has 5 aromatic rings. The molecular weight excluding hydrogens is 296 g/mol. The summed E-state index contributed by atoms with van der Waals surface area (Å²) in [6.07, 6.45) is 5.65. The molecule has 0 amide bonds. The van der Waals surface area contributed by atoms with E-state index in [-0.39, 0.29) is 0 Å². The van der Waals surface area contributed by atoms with E-state index in [2.05, 4.69) is 59.8 Å². The Bertz CT molecular complexity index is 1270. The van der Waals surface area contributed by atoms with Crippen molar-refractivity contribution in [3.63, 3.8) is 0 Å². The first-order chi connectivity index (χ1) is 11.3. The van der Waals surface area contributed by atoms with Crippen molar-refractivity contribution in [2.75, 3.05) is 0 Å². The SMILES string of the molecule is C#Cc1cccc2cc3cc4cc5ccsc5cc4cc3cc12. The number of hydrogen-bond acceptors (Lipinski definition) is 1. The van der Waals surface area contributed by atoms with Crippen LogP contribution in [0.25, 0.3) is 42.4 Å². The third-order valence-corrected chi connectivity index (χ3v) is 5.40. The summed E-state index contributed by atoms with van der Waals surface area (Å²) in [5, 5.41) is 10.9. The predicted molar refractivity (Wildman–Crippen MR) is 102 cm³/mol. The highest BCUT2D eigenvalue weighted by Crippen LogP contribution is 2.32. The number of rotatable bonds is 0. The second-order valence-corrected chi connectivity index (χ2v) is 6.83. The van der Waals surface area contributed by atoms with E-state index in [1.165, 1.54) is 37.0 Å². The van der Waals surface area contributed by atoms with Crippen LogP contribution in [0.15, 0.2) is 66.0 Å². The summed E-state index contributed by atoms with van der Waals surface area (Å²) in [4.78, 5) is 0. The van der Waals surface area contributed by atoms with Crippen molar-refractivity contribution in [3.8, 4) is 12.3 Å². The fourth-order valence-electron chi connectivity index (χ4n) is 3.36. The minimum atomic E-state index is 0.957. The molecule has 0 fully saturated rings. The molecule has 0 N–H and O–H groups in total. The highest BCUT2D eigenvalue weighted by Gasteiger charge is 2.05. The van der Waals surface area contributed by atoms with Crippen LogP contribution in [0.1, 0.15) is 5.56 Å². The molecule has 0 atom stereocenters. The van der Waals surface area contributed by atoms with Gasteiger partial charge >= 0.3 is 0 Å². The Kier molecular flexibility index (Phi) is 2.53. The molecule has 0 saturated heterocycles. The van der Waals surface area contributed by atoms with Crippen molar-refractivity contribution in [1.82, 2.24) is 0 Å². The van der Waals surface area contributed by atoms with Gasteiger partial charge in [-0.3, -0.25) is 0 Å². The summed E-state index contributed by atoms with van der Waals surface area (Å²) in [5.74, 6) is 2.79. The van der Waals surface area contributed by atoms with Gasteiger partial charge in [-0.15, -0.1) is 17.8 Å². The molecule has 0 nitrogen and oxygen atoms in total. The monoisotopic (exact) mass is 308 g/mol. The first kappa shape index (κ1) is 12.7. The average Bonchev–Trinajstić information content (AvgIpc) is 3.02. The van der Waals surface area contributed by atoms with E-state index < -0.39 is 0 Å². The number of benzene rings is 4.